The van der Waals surface area contributed by atoms with Crippen molar-refractivity contribution in [1.82, 2.24) is 4.90 Å². The molecule has 0 saturated carbocycles. The summed E-state index contributed by atoms with van der Waals surface area (Å²) >= 11 is 12.4. The highest BCUT2D eigenvalue weighted by molar-refractivity contribution is 6.34. The van der Waals surface area contributed by atoms with E-state index in [1.165, 1.54) is 0 Å². The fraction of sp³-hybridized carbons (Fsp3) is 0.538. The fourth-order valence-corrected chi connectivity index (χ4v) is 2.79. The van der Waals surface area contributed by atoms with E-state index in [-0.39, 0.29) is 6.04 Å². The first-order valence-electron chi connectivity index (χ1n) is 6.01. The lowest BCUT2D eigenvalue weighted by Gasteiger charge is -2.17. The van der Waals surface area contributed by atoms with Gasteiger partial charge in [-0.25, -0.2) is 0 Å². The van der Waals surface area contributed by atoms with E-state index in [1.54, 1.807) is 13.2 Å². The number of nitrogens with two attached hydrogens (primary N) is 1. The Morgan fingerprint density at radius 3 is 2.61 bits per heavy atom. The Morgan fingerprint density at radius 2 is 2.06 bits per heavy atom. The van der Waals surface area contributed by atoms with Crippen molar-refractivity contribution in [2.75, 3.05) is 20.2 Å². The van der Waals surface area contributed by atoms with Crippen LogP contribution in [0, 0.1) is 5.92 Å². The van der Waals surface area contributed by atoms with Crippen LogP contribution < -0.4 is 10.5 Å². The van der Waals surface area contributed by atoms with Gasteiger partial charge in [0.1, 0.15) is 5.75 Å². The summed E-state index contributed by atoms with van der Waals surface area (Å²) in [5.41, 5.74) is 7.03. The maximum atomic E-state index is 6.23. The van der Waals surface area contributed by atoms with E-state index in [4.69, 9.17) is 33.7 Å². The number of methoxy groups -OCH3 is 1. The maximum Gasteiger partial charge on any atom is 0.138 e. The quantitative estimate of drug-likeness (QED) is 0.930. The molecule has 2 rings (SSSR count). The summed E-state index contributed by atoms with van der Waals surface area (Å²) in [6.45, 7) is 4.86. The van der Waals surface area contributed by atoms with Crippen LogP contribution >= 0.6 is 23.2 Å². The summed E-state index contributed by atoms with van der Waals surface area (Å²) < 4.78 is 5.13. The van der Waals surface area contributed by atoms with Crippen LogP contribution in [0.25, 0.3) is 0 Å². The Kier molecular flexibility index (Phi) is 4.38. The normalized spacial score (nSPS) is 24.5. The Morgan fingerprint density at radius 1 is 1.33 bits per heavy atom. The lowest BCUT2D eigenvalue weighted by molar-refractivity contribution is 0.318. The minimum absolute atomic E-state index is 0.248. The molecule has 1 aliphatic rings. The summed E-state index contributed by atoms with van der Waals surface area (Å²) in [5.74, 6) is 1.13. The number of halogens is 2. The molecule has 1 saturated heterocycles. The highest BCUT2D eigenvalue weighted by atomic mass is 35.5. The first-order valence-corrected chi connectivity index (χ1v) is 6.76. The number of rotatable bonds is 3. The molecule has 2 unspecified atom stereocenters. The molecule has 0 aromatic heterocycles. The Labute approximate surface area is 118 Å². The van der Waals surface area contributed by atoms with Crippen molar-refractivity contribution < 1.29 is 4.74 Å². The van der Waals surface area contributed by atoms with Gasteiger partial charge in [0.25, 0.3) is 0 Å². The van der Waals surface area contributed by atoms with E-state index < -0.39 is 0 Å². The average molecular weight is 289 g/mol. The molecule has 1 aromatic rings. The molecule has 2 atom stereocenters. The second-order valence-corrected chi connectivity index (χ2v) is 5.73. The van der Waals surface area contributed by atoms with Crippen LogP contribution in [-0.4, -0.2) is 31.1 Å². The minimum atomic E-state index is 0.248. The van der Waals surface area contributed by atoms with Crippen LogP contribution in [0.15, 0.2) is 12.1 Å². The Bertz CT molecular complexity index is 429. The molecule has 0 radical (unpaired) electrons. The summed E-state index contributed by atoms with van der Waals surface area (Å²) in [6.07, 6.45) is 0. The first-order chi connectivity index (χ1) is 8.51. The van der Waals surface area contributed by atoms with Crippen molar-refractivity contribution in [3.05, 3.63) is 27.7 Å². The highest BCUT2D eigenvalue weighted by Gasteiger charge is 2.26. The summed E-state index contributed by atoms with van der Waals surface area (Å²) in [5, 5.41) is 1.28. The van der Waals surface area contributed by atoms with E-state index in [2.05, 4.69) is 11.8 Å². The van der Waals surface area contributed by atoms with Crippen LogP contribution in [0.3, 0.4) is 0 Å². The zero-order chi connectivity index (χ0) is 13.3. The average Bonchev–Trinajstić information content (AvgIpc) is 2.62. The van der Waals surface area contributed by atoms with Crippen LogP contribution in [-0.2, 0) is 6.54 Å². The van der Waals surface area contributed by atoms with Gasteiger partial charge in [0.2, 0.25) is 0 Å². The molecule has 1 aliphatic heterocycles. The molecular formula is C13H18Cl2N2O. The maximum absolute atomic E-state index is 6.23. The predicted octanol–water partition coefficient (Wildman–Crippen LogP) is 2.78. The number of hydrogen-bond donors (Lipinski definition) is 1. The third-order valence-electron chi connectivity index (χ3n) is 3.46. The molecule has 100 valence electrons. The van der Waals surface area contributed by atoms with Gasteiger partial charge in [0.15, 0.2) is 0 Å². The molecule has 0 aliphatic carbocycles. The second-order valence-electron chi connectivity index (χ2n) is 4.91. The van der Waals surface area contributed by atoms with E-state index in [0.29, 0.717) is 21.7 Å². The number of likely N-dealkylation sites (tertiary alicyclic amines) is 1. The molecule has 3 nitrogen and oxygen atoms in total. The topological polar surface area (TPSA) is 38.5 Å². The second kappa shape index (κ2) is 5.66. The monoisotopic (exact) mass is 288 g/mol. The van der Waals surface area contributed by atoms with Gasteiger partial charge in [-0.05, 0) is 17.5 Å². The predicted molar refractivity (Wildman–Crippen MR) is 75.4 cm³/mol. The van der Waals surface area contributed by atoms with Crippen LogP contribution in [0.2, 0.25) is 10.0 Å². The third kappa shape index (κ3) is 2.91. The van der Waals surface area contributed by atoms with Crippen LogP contribution in [0.4, 0.5) is 0 Å². The molecule has 1 heterocycles. The van der Waals surface area contributed by atoms with Gasteiger partial charge >= 0.3 is 0 Å². The molecule has 2 N–H and O–H groups in total. The molecule has 0 amide bonds. The smallest absolute Gasteiger partial charge is 0.138 e. The molecule has 0 bridgehead atoms. The van der Waals surface area contributed by atoms with Gasteiger partial charge in [-0.3, -0.25) is 4.90 Å². The molecule has 0 spiro atoms. The third-order valence-corrected chi connectivity index (χ3v) is 4.11. The number of benzene rings is 1. The number of nitrogens with zero attached hydrogens (tertiary/aromatic N) is 1. The van der Waals surface area contributed by atoms with Gasteiger partial charge in [-0.1, -0.05) is 30.1 Å². The molecule has 1 aromatic carbocycles. The Balaban J connectivity index is 2.13. The number of ether oxygens (including phenoxy) is 1. The summed E-state index contributed by atoms with van der Waals surface area (Å²) in [7, 11) is 1.58. The van der Waals surface area contributed by atoms with Crippen LogP contribution in [0.1, 0.15) is 12.5 Å². The molecular weight excluding hydrogens is 271 g/mol. The van der Waals surface area contributed by atoms with Crippen molar-refractivity contribution in [3.63, 3.8) is 0 Å². The molecule has 5 heteroatoms. The molecule has 1 fully saturated rings. The van der Waals surface area contributed by atoms with Crippen molar-refractivity contribution in [3.8, 4) is 5.75 Å². The van der Waals surface area contributed by atoms with E-state index in [1.807, 2.05) is 6.07 Å². The Hall–Kier alpha value is -0.480. The standard InChI is InChI=1S/C13H18Cl2N2O/c1-8-5-17(7-12(8)16)6-9-3-11(15)13(18-2)4-10(9)14/h3-4,8,12H,5-7,16H2,1-2H3. The van der Waals surface area contributed by atoms with E-state index in [9.17, 15) is 0 Å². The summed E-state index contributed by atoms with van der Waals surface area (Å²) in [6, 6.07) is 3.88. The zero-order valence-electron chi connectivity index (χ0n) is 10.6. The van der Waals surface area contributed by atoms with Crippen molar-refractivity contribution in [2.45, 2.75) is 19.5 Å². The fourth-order valence-electron chi connectivity index (χ4n) is 2.31. The van der Waals surface area contributed by atoms with Gasteiger partial charge in [0, 0.05) is 36.8 Å². The van der Waals surface area contributed by atoms with Gasteiger partial charge in [0.05, 0.1) is 12.1 Å². The van der Waals surface area contributed by atoms with Gasteiger partial charge < -0.3 is 10.5 Å². The summed E-state index contributed by atoms with van der Waals surface area (Å²) in [4.78, 5) is 2.30. The van der Waals surface area contributed by atoms with Crippen molar-refractivity contribution >= 4 is 23.2 Å². The lowest BCUT2D eigenvalue weighted by Crippen LogP contribution is -2.28. The van der Waals surface area contributed by atoms with Crippen molar-refractivity contribution in [2.24, 2.45) is 11.7 Å². The largest absolute Gasteiger partial charge is 0.495 e. The number of hydrogen-bond acceptors (Lipinski definition) is 3. The van der Waals surface area contributed by atoms with Crippen molar-refractivity contribution in [1.29, 1.82) is 0 Å². The van der Waals surface area contributed by atoms with E-state index in [0.717, 1.165) is 25.2 Å². The first kappa shape index (κ1) is 13.9. The van der Waals surface area contributed by atoms with Gasteiger partial charge in [-0.15, -0.1) is 0 Å². The van der Waals surface area contributed by atoms with Crippen LogP contribution in [0.5, 0.6) is 5.75 Å². The molecule has 18 heavy (non-hydrogen) atoms. The zero-order valence-corrected chi connectivity index (χ0v) is 12.1. The minimum Gasteiger partial charge on any atom is -0.495 e. The highest BCUT2D eigenvalue weighted by Crippen LogP contribution is 2.32. The van der Waals surface area contributed by atoms with Gasteiger partial charge in [-0.2, -0.15) is 0 Å². The SMILES string of the molecule is COc1cc(Cl)c(CN2CC(C)C(N)C2)cc1Cl. The van der Waals surface area contributed by atoms with E-state index >= 15 is 0 Å². The lowest BCUT2D eigenvalue weighted by atomic mass is 10.1.